The van der Waals surface area contributed by atoms with E-state index in [0.717, 1.165) is 23.4 Å². The van der Waals surface area contributed by atoms with Gasteiger partial charge in [-0.1, -0.05) is 11.2 Å². The van der Waals surface area contributed by atoms with Crippen molar-refractivity contribution in [3.05, 3.63) is 54.1 Å². The number of hydrogen-bond acceptors (Lipinski definition) is 6. The SMILES string of the molecule is COc1ccc(-c2noc(N3CCC(C(=O)N(C)c4cccc(C(F)(F)F)c4)CC3)n2)cc1. The number of alkyl halides is 3. The molecule has 0 bridgehead atoms. The van der Waals surface area contributed by atoms with Gasteiger partial charge in [-0.25, -0.2) is 0 Å². The second-order valence-corrected chi connectivity index (χ2v) is 7.84. The third-order valence-electron chi connectivity index (χ3n) is 5.77. The van der Waals surface area contributed by atoms with Crippen LogP contribution in [-0.4, -0.2) is 43.3 Å². The minimum atomic E-state index is -4.46. The van der Waals surface area contributed by atoms with Crippen molar-refractivity contribution in [3.63, 3.8) is 0 Å². The molecule has 1 aliphatic heterocycles. The third kappa shape index (κ3) is 4.94. The summed E-state index contributed by atoms with van der Waals surface area (Å²) in [6.45, 7) is 1.05. The molecule has 0 atom stereocenters. The van der Waals surface area contributed by atoms with E-state index in [2.05, 4.69) is 10.1 Å². The zero-order valence-electron chi connectivity index (χ0n) is 18.2. The van der Waals surface area contributed by atoms with Crippen LogP contribution in [0.25, 0.3) is 11.4 Å². The van der Waals surface area contributed by atoms with Crippen LogP contribution >= 0.6 is 0 Å². The first kappa shape index (κ1) is 22.6. The fourth-order valence-corrected chi connectivity index (χ4v) is 3.81. The maximum absolute atomic E-state index is 13.0. The van der Waals surface area contributed by atoms with Gasteiger partial charge in [-0.2, -0.15) is 18.2 Å². The number of amides is 1. The van der Waals surface area contributed by atoms with Gasteiger partial charge in [0, 0.05) is 37.3 Å². The molecule has 10 heteroatoms. The van der Waals surface area contributed by atoms with Gasteiger partial charge in [0.2, 0.25) is 11.7 Å². The van der Waals surface area contributed by atoms with Crippen molar-refractivity contribution in [3.8, 4) is 17.1 Å². The first-order valence-corrected chi connectivity index (χ1v) is 10.4. The molecule has 2 heterocycles. The molecule has 0 N–H and O–H groups in total. The lowest BCUT2D eigenvalue weighted by atomic mass is 9.95. The van der Waals surface area contributed by atoms with Crippen LogP contribution in [-0.2, 0) is 11.0 Å². The maximum Gasteiger partial charge on any atom is 0.416 e. The minimum absolute atomic E-state index is 0.210. The Morgan fingerprint density at radius 2 is 1.85 bits per heavy atom. The molecule has 4 rings (SSSR count). The Balaban J connectivity index is 1.38. The lowest BCUT2D eigenvalue weighted by molar-refractivity contribution is -0.137. The van der Waals surface area contributed by atoms with Gasteiger partial charge in [-0.3, -0.25) is 4.79 Å². The largest absolute Gasteiger partial charge is 0.497 e. The highest BCUT2D eigenvalue weighted by atomic mass is 19.4. The van der Waals surface area contributed by atoms with E-state index in [9.17, 15) is 18.0 Å². The first-order chi connectivity index (χ1) is 15.8. The highest BCUT2D eigenvalue weighted by Gasteiger charge is 2.33. The fraction of sp³-hybridized carbons (Fsp3) is 0.348. The van der Waals surface area contributed by atoms with Crippen molar-refractivity contribution in [2.24, 2.45) is 5.92 Å². The van der Waals surface area contributed by atoms with E-state index >= 15 is 0 Å². The Labute approximate surface area is 188 Å². The van der Waals surface area contributed by atoms with Crippen LogP contribution < -0.4 is 14.5 Å². The van der Waals surface area contributed by atoms with Crippen molar-refractivity contribution in [1.29, 1.82) is 0 Å². The number of nitrogens with zero attached hydrogens (tertiary/aromatic N) is 4. The van der Waals surface area contributed by atoms with Crippen molar-refractivity contribution >= 4 is 17.6 Å². The third-order valence-corrected chi connectivity index (χ3v) is 5.77. The van der Waals surface area contributed by atoms with E-state index in [4.69, 9.17) is 9.26 Å². The number of rotatable bonds is 5. The summed E-state index contributed by atoms with van der Waals surface area (Å²) in [4.78, 5) is 20.6. The molecule has 3 aromatic rings. The fourth-order valence-electron chi connectivity index (χ4n) is 3.81. The number of anilines is 2. The monoisotopic (exact) mass is 460 g/mol. The lowest BCUT2D eigenvalue weighted by Crippen LogP contribution is -2.41. The molecule has 33 heavy (non-hydrogen) atoms. The van der Waals surface area contributed by atoms with Gasteiger partial charge in [0.1, 0.15) is 5.75 Å². The standard InChI is InChI=1S/C23H23F3N4O3/c1-29(18-5-3-4-17(14-18)23(24,25)26)21(31)16-10-12-30(13-11-16)22-27-20(28-33-22)15-6-8-19(32-2)9-7-15/h3-9,14,16H,10-13H2,1-2H3. The van der Waals surface area contributed by atoms with Crippen molar-refractivity contribution < 1.29 is 27.2 Å². The zero-order chi connectivity index (χ0) is 23.6. The highest BCUT2D eigenvalue weighted by Crippen LogP contribution is 2.32. The molecule has 2 aromatic carbocycles. The van der Waals surface area contributed by atoms with E-state index in [0.29, 0.717) is 37.8 Å². The molecule has 7 nitrogen and oxygen atoms in total. The van der Waals surface area contributed by atoms with E-state index in [1.807, 2.05) is 29.2 Å². The summed E-state index contributed by atoms with van der Waals surface area (Å²) in [5.41, 5.74) is 0.232. The summed E-state index contributed by atoms with van der Waals surface area (Å²) in [5, 5.41) is 4.03. The summed E-state index contributed by atoms with van der Waals surface area (Å²) in [6.07, 6.45) is -3.40. The summed E-state index contributed by atoms with van der Waals surface area (Å²) in [5.74, 6) is 0.669. The Hall–Kier alpha value is -3.56. The second kappa shape index (κ2) is 9.13. The van der Waals surface area contributed by atoms with E-state index in [-0.39, 0.29) is 17.5 Å². The van der Waals surface area contributed by atoms with Gasteiger partial charge in [0.05, 0.1) is 12.7 Å². The lowest BCUT2D eigenvalue weighted by Gasteiger charge is -2.32. The molecule has 1 fully saturated rings. The molecule has 1 amide bonds. The predicted molar refractivity (Wildman–Crippen MR) is 116 cm³/mol. The molecule has 1 aliphatic rings. The number of hydrogen-bond donors (Lipinski definition) is 0. The average Bonchev–Trinajstić information content (AvgIpc) is 3.33. The number of piperidine rings is 1. The first-order valence-electron chi connectivity index (χ1n) is 10.4. The van der Waals surface area contributed by atoms with Gasteiger partial charge >= 0.3 is 12.2 Å². The topological polar surface area (TPSA) is 71.7 Å². The van der Waals surface area contributed by atoms with Crippen molar-refractivity contribution in [1.82, 2.24) is 10.1 Å². The van der Waals surface area contributed by atoms with Crippen LogP contribution in [0.1, 0.15) is 18.4 Å². The van der Waals surface area contributed by atoms with Crippen LogP contribution in [0.4, 0.5) is 24.9 Å². The Morgan fingerprint density at radius 1 is 1.15 bits per heavy atom. The summed E-state index contributed by atoms with van der Waals surface area (Å²) >= 11 is 0. The van der Waals surface area contributed by atoms with E-state index in [1.165, 1.54) is 24.1 Å². The van der Waals surface area contributed by atoms with Gasteiger partial charge in [-0.05, 0) is 55.3 Å². The Bertz CT molecular complexity index is 1110. The Morgan fingerprint density at radius 3 is 2.48 bits per heavy atom. The Kier molecular flexibility index (Phi) is 6.26. The normalized spacial score (nSPS) is 14.9. The van der Waals surface area contributed by atoms with Gasteiger partial charge in [0.25, 0.3) is 0 Å². The molecule has 0 radical (unpaired) electrons. The molecule has 0 aliphatic carbocycles. The maximum atomic E-state index is 13.0. The van der Waals surface area contributed by atoms with Crippen LogP contribution in [0.3, 0.4) is 0 Å². The quantitative estimate of drug-likeness (QED) is 0.552. The molecule has 1 saturated heterocycles. The molecular weight excluding hydrogens is 437 g/mol. The zero-order valence-corrected chi connectivity index (χ0v) is 18.2. The number of methoxy groups -OCH3 is 1. The molecule has 174 valence electrons. The van der Waals surface area contributed by atoms with Gasteiger partial charge in [-0.15, -0.1) is 0 Å². The number of ether oxygens (including phenoxy) is 1. The molecule has 1 aromatic heterocycles. The predicted octanol–water partition coefficient (Wildman–Crippen LogP) is 4.64. The molecule has 0 saturated carbocycles. The summed E-state index contributed by atoms with van der Waals surface area (Å²) in [6, 6.07) is 12.5. The number of halogens is 3. The molecular formula is C23H23F3N4O3. The van der Waals surface area contributed by atoms with Crippen molar-refractivity contribution in [2.45, 2.75) is 19.0 Å². The van der Waals surface area contributed by atoms with E-state index in [1.54, 1.807) is 7.11 Å². The second-order valence-electron chi connectivity index (χ2n) is 7.84. The van der Waals surface area contributed by atoms with Crippen LogP contribution in [0, 0.1) is 5.92 Å². The number of benzene rings is 2. The highest BCUT2D eigenvalue weighted by molar-refractivity contribution is 5.94. The smallest absolute Gasteiger partial charge is 0.416 e. The summed E-state index contributed by atoms with van der Waals surface area (Å²) < 4.78 is 49.6. The van der Waals surface area contributed by atoms with E-state index < -0.39 is 11.7 Å². The van der Waals surface area contributed by atoms with Crippen LogP contribution in [0.2, 0.25) is 0 Å². The van der Waals surface area contributed by atoms with Gasteiger partial charge in [0.15, 0.2) is 0 Å². The molecule has 0 unspecified atom stereocenters. The van der Waals surface area contributed by atoms with Gasteiger partial charge < -0.3 is 19.1 Å². The summed E-state index contributed by atoms with van der Waals surface area (Å²) in [7, 11) is 3.09. The molecule has 0 spiro atoms. The number of carbonyl (C=O) groups excluding carboxylic acids is 1. The average molecular weight is 460 g/mol. The van der Waals surface area contributed by atoms with Crippen LogP contribution in [0.5, 0.6) is 5.75 Å². The number of carbonyl (C=O) groups is 1. The van der Waals surface area contributed by atoms with Crippen LogP contribution in [0.15, 0.2) is 53.1 Å². The number of aromatic nitrogens is 2. The minimum Gasteiger partial charge on any atom is -0.497 e. The van der Waals surface area contributed by atoms with Crippen molar-refractivity contribution in [2.75, 3.05) is 37.0 Å².